The molecular weight excluding hydrogens is 427 g/mol. The molecule has 0 spiro atoms. The number of benzene rings is 1. The molecule has 2 heterocycles. The smallest absolute Gasteiger partial charge is 0.271 e. The number of carbonyl (C=O) groups excluding carboxylic acids is 1. The molecule has 3 aromatic rings. The SMILES string of the molecule is Cc1nn(CCCNC(=O)c2ccn(COc3ccc(F)cc3F)n2)c(Cl)c1Cl. The van der Waals surface area contributed by atoms with Gasteiger partial charge in [0.1, 0.15) is 21.7 Å². The van der Waals surface area contributed by atoms with Gasteiger partial charge in [-0.05, 0) is 31.5 Å². The maximum Gasteiger partial charge on any atom is 0.271 e. The topological polar surface area (TPSA) is 74.0 Å². The molecule has 0 atom stereocenters. The maximum absolute atomic E-state index is 13.6. The zero-order valence-corrected chi connectivity index (χ0v) is 16.8. The summed E-state index contributed by atoms with van der Waals surface area (Å²) < 4.78 is 34.6. The molecule has 1 amide bonds. The van der Waals surface area contributed by atoms with E-state index in [-0.39, 0.29) is 24.1 Å². The molecule has 0 aliphatic rings. The molecule has 11 heteroatoms. The summed E-state index contributed by atoms with van der Waals surface area (Å²) in [5, 5.41) is 11.8. The minimum atomic E-state index is -0.816. The van der Waals surface area contributed by atoms with Crippen molar-refractivity contribution in [1.82, 2.24) is 24.9 Å². The van der Waals surface area contributed by atoms with Crippen molar-refractivity contribution in [2.24, 2.45) is 0 Å². The van der Waals surface area contributed by atoms with Crippen molar-refractivity contribution in [1.29, 1.82) is 0 Å². The highest BCUT2D eigenvalue weighted by Gasteiger charge is 2.12. The van der Waals surface area contributed by atoms with Crippen LogP contribution in [0.25, 0.3) is 0 Å². The molecule has 2 aromatic heterocycles. The molecule has 3 rings (SSSR count). The van der Waals surface area contributed by atoms with Crippen LogP contribution in [0, 0.1) is 18.6 Å². The summed E-state index contributed by atoms with van der Waals surface area (Å²) in [7, 11) is 0. The van der Waals surface area contributed by atoms with E-state index in [2.05, 4.69) is 15.5 Å². The summed E-state index contributed by atoms with van der Waals surface area (Å²) in [6, 6.07) is 4.50. The fourth-order valence-corrected chi connectivity index (χ4v) is 2.88. The number of halogens is 4. The molecule has 0 saturated heterocycles. The Morgan fingerprint density at radius 1 is 1.24 bits per heavy atom. The van der Waals surface area contributed by atoms with E-state index in [1.165, 1.54) is 23.0 Å². The number of aromatic nitrogens is 4. The number of aryl methyl sites for hydroxylation is 2. The van der Waals surface area contributed by atoms with Crippen molar-refractivity contribution >= 4 is 29.1 Å². The quantitative estimate of drug-likeness (QED) is 0.536. The third kappa shape index (κ3) is 5.24. The average molecular weight is 444 g/mol. The van der Waals surface area contributed by atoms with Gasteiger partial charge in [0.2, 0.25) is 0 Å². The molecule has 0 fully saturated rings. The second-order valence-electron chi connectivity index (χ2n) is 6.11. The lowest BCUT2D eigenvalue weighted by Gasteiger charge is -2.07. The Labute approximate surface area is 175 Å². The van der Waals surface area contributed by atoms with Crippen LogP contribution in [0.4, 0.5) is 8.78 Å². The van der Waals surface area contributed by atoms with E-state index in [4.69, 9.17) is 27.9 Å². The summed E-state index contributed by atoms with van der Waals surface area (Å²) in [6.45, 7) is 2.51. The van der Waals surface area contributed by atoms with Gasteiger partial charge in [0.05, 0.1) is 5.69 Å². The number of amides is 1. The molecule has 0 saturated carbocycles. The summed E-state index contributed by atoms with van der Waals surface area (Å²) in [5.41, 5.74) is 0.832. The third-order valence-electron chi connectivity index (χ3n) is 3.95. The Morgan fingerprint density at radius 2 is 2.03 bits per heavy atom. The predicted molar refractivity (Wildman–Crippen MR) is 103 cm³/mol. The number of hydrogen-bond acceptors (Lipinski definition) is 4. The van der Waals surface area contributed by atoms with E-state index >= 15 is 0 Å². The first-order chi connectivity index (χ1) is 13.8. The molecule has 0 aliphatic carbocycles. The fourth-order valence-electron chi connectivity index (χ4n) is 2.48. The van der Waals surface area contributed by atoms with Gasteiger partial charge in [-0.3, -0.25) is 9.48 Å². The van der Waals surface area contributed by atoms with Crippen LogP contribution in [0.1, 0.15) is 22.6 Å². The van der Waals surface area contributed by atoms with Crippen LogP contribution in [0.3, 0.4) is 0 Å². The van der Waals surface area contributed by atoms with Crippen LogP contribution in [0.2, 0.25) is 10.2 Å². The highest BCUT2D eigenvalue weighted by molar-refractivity contribution is 6.41. The highest BCUT2D eigenvalue weighted by Crippen LogP contribution is 2.24. The lowest BCUT2D eigenvalue weighted by atomic mass is 10.3. The monoisotopic (exact) mass is 443 g/mol. The van der Waals surface area contributed by atoms with E-state index in [1.807, 2.05) is 0 Å². The van der Waals surface area contributed by atoms with Gasteiger partial charge in [-0.1, -0.05) is 23.2 Å². The molecule has 0 bridgehead atoms. The summed E-state index contributed by atoms with van der Waals surface area (Å²) in [4.78, 5) is 12.2. The van der Waals surface area contributed by atoms with Crippen LogP contribution >= 0.6 is 23.2 Å². The molecule has 0 radical (unpaired) electrons. The van der Waals surface area contributed by atoms with Crippen molar-refractivity contribution in [3.8, 4) is 5.75 Å². The highest BCUT2D eigenvalue weighted by atomic mass is 35.5. The van der Waals surface area contributed by atoms with Crippen LogP contribution in [-0.2, 0) is 13.3 Å². The van der Waals surface area contributed by atoms with Gasteiger partial charge < -0.3 is 10.1 Å². The van der Waals surface area contributed by atoms with Gasteiger partial charge in [-0.25, -0.2) is 13.5 Å². The molecule has 0 unspecified atom stereocenters. The van der Waals surface area contributed by atoms with Gasteiger partial charge in [0.15, 0.2) is 18.3 Å². The normalized spacial score (nSPS) is 10.9. The molecule has 0 aliphatic heterocycles. The number of ether oxygens (including phenoxy) is 1. The zero-order valence-electron chi connectivity index (χ0n) is 15.3. The zero-order chi connectivity index (χ0) is 21.0. The van der Waals surface area contributed by atoms with Gasteiger partial charge in [-0.15, -0.1) is 0 Å². The Balaban J connectivity index is 1.45. The van der Waals surface area contributed by atoms with Crippen LogP contribution in [-0.4, -0.2) is 32.0 Å². The summed E-state index contributed by atoms with van der Waals surface area (Å²) in [5.74, 6) is -1.98. The molecule has 7 nitrogen and oxygen atoms in total. The summed E-state index contributed by atoms with van der Waals surface area (Å²) >= 11 is 12.0. The minimum absolute atomic E-state index is 0.111. The van der Waals surface area contributed by atoms with Crippen molar-refractivity contribution in [3.63, 3.8) is 0 Å². The van der Waals surface area contributed by atoms with E-state index < -0.39 is 11.6 Å². The van der Waals surface area contributed by atoms with Crippen LogP contribution in [0.15, 0.2) is 30.5 Å². The molecule has 29 heavy (non-hydrogen) atoms. The van der Waals surface area contributed by atoms with Crippen molar-refractivity contribution < 1.29 is 18.3 Å². The number of rotatable bonds is 8. The predicted octanol–water partition coefficient (Wildman–Crippen LogP) is 3.83. The molecule has 1 aromatic carbocycles. The lowest BCUT2D eigenvalue weighted by molar-refractivity contribution is 0.0945. The van der Waals surface area contributed by atoms with E-state index in [1.54, 1.807) is 11.6 Å². The largest absolute Gasteiger partial charge is 0.468 e. The van der Waals surface area contributed by atoms with Gasteiger partial charge in [0.25, 0.3) is 5.91 Å². The second kappa shape index (κ2) is 9.23. The molecule has 154 valence electrons. The number of nitrogens with one attached hydrogen (secondary N) is 1. The lowest BCUT2D eigenvalue weighted by Crippen LogP contribution is -2.26. The number of nitrogens with zero attached hydrogens (tertiary/aromatic N) is 4. The Hall–Kier alpha value is -2.65. The Morgan fingerprint density at radius 3 is 2.72 bits per heavy atom. The van der Waals surface area contributed by atoms with Crippen molar-refractivity contribution in [2.75, 3.05) is 6.54 Å². The minimum Gasteiger partial charge on any atom is -0.468 e. The first kappa shape index (κ1) is 21.1. The van der Waals surface area contributed by atoms with Crippen molar-refractivity contribution in [3.05, 3.63) is 63.7 Å². The van der Waals surface area contributed by atoms with Gasteiger partial charge in [-0.2, -0.15) is 10.2 Å². The molecular formula is C18H17Cl2F2N5O2. The first-order valence-corrected chi connectivity index (χ1v) is 9.38. The number of hydrogen-bond donors (Lipinski definition) is 1. The van der Waals surface area contributed by atoms with E-state index in [9.17, 15) is 13.6 Å². The third-order valence-corrected chi connectivity index (χ3v) is 4.88. The Kier molecular flexibility index (Phi) is 6.71. The van der Waals surface area contributed by atoms with Crippen LogP contribution in [0.5, 0.6) is 5.75 Å². The van der Waals surface area contributed by atoms with E-state index in [0.29, 0.717) is 35.4 Å². The van der Waals surface area contributed by atoms with Gasteiger partial charge >= 0.3 is 0 Å². The Bertz CT molecular complexity index is 1020. The maximum atomic E-state index is 13.6. The molecule has 1 N–H and O–H groups in total. The fraction of sp³-hybridized carbons (Fsp3) is 0.278. The number of carbonyl (C=O) groups is 1. The van der Waals surface area contributed by atoms with E-state index in [0.717, 1.165) is 12.1 Å². The summed E-state index contributed by atoms with van der Waals surface area (Å²) in [6.07, 6.45) is 2.11. The van der Waals surface area contributed by atoms with Crippen molar-refractivity contribution in [2.45, 2.75) is 26.6 Å². The average Bonchev–Trinajstić information content (AvgIpc) is 3.25. The first-order valence-electron chi connectivity index (χ1n) is 8.63. The van der Waals surface area contributed by atoms with Crippen LogP contribution < -0.4 is 10.1 Å². The van der Waals surface area contributed by atoms with Gasteiger partial charge in [0, 0.05) is 25.4 Å². The standard InChI is InChI=1S/C18H17Cl2F2N5O2/c1-11-16(19)17(20)27(24-11)7-2-6-23-18(28)14-5-8-26(25-14)10-29-15-4-3-12(21)9-13(15)22/h3-5,8-9H,2,6-7,10H2,1H3,(H,23,28). The second-order valence-corrected chi connectivity index (χ2v) is 6.85.